The van der Waals surface area contributed by atoms with Crippen LogP contribution >= 0.6 is 0 Å². The van der Waals surface area contributed by atoms with Gasteiger partial charge in [0.05, 0.1) is 11.3 Å². The molecule has 6 nitrogen and oxygen atoms in total. The van der Waals surface area contributed by atoms with Crippen LogP contribution in [0.25, 0.3) is 0 Å². The average Bonchev–Trinajstić information content (AvgIpc) is 2.87. The molecule has 0 radical (unpaired) electrons. The highest BCUT2D eigenvalue weighted by atomic mass is 16.5. The zero-order chi connectivity index (χ0) is 21.3. The van der Waals surface area contributed by atoms with E-state index >= 15 is 0 Å². The second-order valence-electron chi connectivity index (χ2n) is 6.92. The first-order valence-electron chi connectivity index (χ1n) is 9.63. The Morgan fingerprint density at radius 1 is 0.933 bits per heavy atom. The van der Waals surface area contributed by atoms with Gasteiger partial charge in [-0.05, 0) is 68.4 Å². The van der Waals surface area contributed by atoms with Crippen molar-refractivity contribution < 1.29 is 19.1 Å². The number of benzene rings is 3. The molecule has 2 amide bonds. The normalized spacial score (nSPS) is 12.3. The fourth-order valence-corrected chi connectivity index (χ4v) is 3.37. The van der Waals surface area contributed by atoms with Gasteiger partial charge >= 0.3 is 0 Å². The fourth-order valence-electron chi connectivity index (χ4n) is 3.37. The number of Topliss-reactive ketones (excluding diaryl/α,β-unsaturated/α-hetero) is 1. The molecule has 1 aliphatic rings. The number of hydrogen-bond donors (Lipinski definition) is 1. The average molecular weight is 400 g/mol. The van der Waals surface area contributed by atoms with Gasteiger partial charge in [-0.3, -0.25) is 14.4 Å². The van der Waals surface area contributed by atoms with E-state index in [-0.39, 0.29) is 17.6 Å². The summed E-state index contributed by atoms with van der Waals surface area (Å²) < 4.78 is 5.97. The molecule has 1 heterocycles. The van der Waals surface area contributed by atoms with Gasteiger partial charge in [0.1, 0.15) is 5.75 Å². The van der Waals surface area contributed by atoms with E-state index in [0.29, 0.717) is 46.1 Å². The van der Waals surface area contributed by atoms with Crippen molar-refractivity contribution in [2.75, 3.05) is 16.8 Å². The second kappa shape index (κ2) is 7.83. The number of nitrogens with zero attached hydrogens (tertiary/aromatic N) is 1. The Morgan fingerprint density at radius 2 is 1.63 bits per heavy atom. The Hall–Kier alpha value is -3.93. The lowest BCUT2D eigenvalue weighted by atomic mass is 10.1. The number of ketones is 1. The summed E-state index contributed by atoms with van der Waals surface area (Å²) in [5.41, 5.74) is 2.56. The van der Waals surface area contributed by atoms with Gasteiger partial charge in [-0.1, -0.05) is 12.1 Å². The van der Waals surface area contributed by atoms with Crippen LogP contribution in [0.2, 0.25) is 0 Å². The van der Waals surface area contributed by atoms with E-state index in [9.17, 15) is 14.4 Å². The number of carbonyl (C=O) groups excluding carboxylic acids is 3. The van der Waals surface area contributed by atoms with Crippen LogP contribution < -0.4 is 15.0 Å². The maximum absolute atomic E-state index is 13.0. The molecule has 0 unspecified atom stereocenters. The summed E-state index contributed by atoms with van der Waals surface area (Å²) in [6.07, 6.45) is 0. The number of rotatable bonds is 4. The maximum Gasteiger partial charge on any atom is 0.262 e. The molecule has 0 aromatic heterocycles. The van der Waals surface area contributed by atoms with Gasteiger partial charge in [-0.2, -0.15) is 0 Å². The molecule has 0 fully saturated rings. The van der Waals surface area contributed by atoms with Crippen LogP contribution in [-0.4, -0.2) is 24.1 Å². The predicted octanol–water partition coefficient (Wildman–Crippen LogP) is 4.91. The van der Waals surface area contributed by atoms with Crippen molar-refractivity contribution in [3.63, 3.8) is 0 Å². The Kier molecular flexibility index (Phi) is 5.06. The van der Waals surface area contributed by atoms with Crippen molar-refractivity contribution in [1.29, 1.82) is 0 Å². The number of amides is 2. The van der Waals surface area contributed by atoms with Gasteiger partial charge in [-0.25, -0.2) is 0 Å². The molecule has 1 N–H and O–H groups in total. The van der Waals surface area contributed by atoms with E-state index in [1.54, 1.807) is 65.6 Å². The summed E-state index contributed by atoms with van der Waals surface area (Å²) in [7, 11) is 0. The monoisotopic (exact) mass is 400 g/mol. The molecule has 0 saturated carbocycles. The number of hydrogen-bond acceptors (Lipinski definition) is 4. The molecule has 3 aromatic rings. The molecule has 1 aliphatic heterocycles. The highest BCUT2D eigenvalue weighted by Gasteiger charge is 2.27. The van der Waals surface area contributed by atoms with Gasteiger partial charge < -0.3 is 15.0 Å². The van der Waals surface area contributed by atoms with E-state index in [4.69, 9.17) is 4.74 Å². The smallest absolute Gasteiger partial charge is 0.262 e. The summed E-state index contributed by atoms with van der Waals surface area (Å²) in [5.74, 6) is 0.465. The van der Waals surface area contributed by atoms with E-state index in [1.165, 1.54) is 6.92 Å². The van der Waals surface area contributed by atoms with Crippen LogP contribution in [0.1, 0.15) is 44.9 Å². The lowest BCUT2D eigenvalue weighted by Crippen LogP contribution is -2.30. The van der Waals surface area contributed by atoms with E-state index < -0.39 is 0 Å². The standard InChI is InChI=1S/C24H20N2O4/c1-3-26-20-14-17(23(28)25-18-11-8-16(9-12-18)15(2)27)10-13-22(20)30-21-7-5-4-6-19(21)24(26)29/h4-14H,3H2,1-2H3,(H,25,28). The van der Waals surface area contributed by atoms with Crippen LogP contribution in [0.3, 0.4) is 0 Å². The van der Waals surface area contributed by atoms with Crippen molar-refractivity contribution in [3.05, 3.63) is 83.4 Å². The van der Waals surface area contributed by atoms with Crippen molar-refractivity contribution in [2.45, 2.75) is 13.8 Å². The maximum atomic E-state index is 13.0. The van der Waals surface area contributed by atoms with Crippen LogP contribution in [0.4, 0.5) is 11.4 Å². The van der Waals surface area contributed by atoms with Crippen molar-refractivity contribution >= 4 is 29.0 Å². The Balaban J connectivity index is 1.64. The first kappa shape index (κ1) is 19.4. The van der Waals surface area contributed by atoms with Gasteiger partial charge in [0.2, 0.25) is 0 Å². The van der Waals surface area contributed by atoms with Gasteiger partial charge in [-0.15, -0.1) is 0 Å². The molecule has 6 heteroatoms. The number of ether oxygens (including phenoxy) is 1. The van der Waals surface area contributed by atoms with Gasteiger partial charge in [0.15, 0.2) is 11.5 Å². The van der Waals surface area contributed by atoms with Crippen LogP contribution in [-0.2, 0) is 0 Å². The topological polar surface area (TPSA) is 75.7 Å². The fraction of sp³-hybridized carbons (Fsp3) is 0.125. The SMILES string of the molecule is CCN1C(=O)c2ccccc2Oc2ccc(C(=O)Nc3ccc(C(C)=O)cc3)cc21. The number of anilines is 2. The molecular weight excluding hydrogens is 380 g/mol. The largest absolute Gasteiger partial charge is 0.454 e. The van der Waals surface area contributed by atoms with Crippen LogP contribution in [0, 0.1) is 0 Å². The van der Waals surface area contributed by atoms with E-state index in [0.717, 1.165) is 0 Å². The number of nitrogens with one attached hydrogen (secondary N) is 1. The minimum atomic E-state index is -0.321. The Labute approximate surface area is 174 Å². The van der Waals surface area contributed by atoms with Crippen molar-refractivity contribution in [3.8, 4) is 11.5 Å². The molecule has 0 saturated heterocycles. The molecular formula is C24H20N2O4. The van der Waals surface area contributed by atoms with Gasteiger partial charge in [0.25, 0.3) is 11.8 Å². The highest BCUT2D eigenvalue weighted by molar-refractivity contribution is 6.11. The van der Waals surface area contributed by atoms with Crippen molar-refractivity contribution in [2.24, 2.45) is 0 Å². The van der Waals surface area contributed by atoms with Gasteiger partial charge in [0, 0.05) is 23.4 Å². The molecule has 4 rings (SSSR count). The summed E-state index contributed by atoms with van der Waals surface area (Å²) in [6.45, 7) is 3.80. The first-order chi connectivity index (χ1) is 14.5. The minimum Gasteiger partial charge on any atom is -0.454 e. The van der Waals surface area contributed by atoms with Crippen LogP contribution in [0.5, 0.6) is 11.5 Å². The molecule has 30 heavy (non-hydrogen) atoms. The van der Waals surface area contributed by atoms with E-state index in [2.05, 4.69) is 5.32 Å². The van der Waals surface area contributed by atoms with Crippen molar-refractivity contribution in [1.82, 2.24) is 0 Å². The molecule has 0 bridgehead atoms. The molecule has 150 valence electrons. The second-order valence-corrected chi connectivity index (χ2v) is 6.92. The lowest BCUT2D eigenvalue weighted by Gasteiger charge is -2.20. The van der Waals surface area contributed by atoms with Crippen LogP contribution in [0.15, 0.2) is 66.7 Å². The Morgan fingerprint density at radius 3 is 2.33 bits per heavy atom. The first-order valence-corrected chi connectivity index (χ1v) is 9.63. The molecule has 0 atom stereocenters. The highest BCUT2D eigenvalue weighted by Crippen LogP contribution is 2.39. The summed E-state index contributed by atoms with van der Waals surface area (Å²) in [5, 5.41) is 2.81. The summed E-state index contributed by atoms with van der Waals surface area (Å²) >= 11 is 0. The summed E-state index contributed by atoms with van der Waals surface area (Å²) in [6, 6.07) is 18.8. The predicted molar refractivity (Wildman–Crippen MR) is 115 cm³/mol. The number of fused-ring (bicyclic) bond motifs is 2. The minimum absolute atomic E-state index is 0.0380. The molecule has 0 aliphatic carbocycles. The zero-order valence-electron chi connectivity index (χ0n) is 16.6. The number of carbonyl (C=O) groups is 3. The third-order valence-electron chi connectivity index (χ3n) is 4.96. The Bertz CT molecular complexity index is 1150. The van der Waals surface area contributed by atoms with E-state index in [1.807, 2.05) is 13.0 Å². The summed E-state index contributed by atoms with van der Waals surface area (Å²) in [4.78, 5) is 38.8. The third kappa shape index (κ3) is 3.55. The number of para-hydroxylation sites is 1. The lowest BCUT2D eigenvalue weighted by molar-refractivity contribution is 0.0984. The molecule has 3 aromatic carbocycles. The quantitative estimate of drug-likeness (QED) is 0.631. The molecule has 0 spiro atoms. The zero-order valence-corrected chi connectivity index (χ0v) is 16.6. The third-order valence-corrected chi connectivity index (χ3v) is 4.96.